The molecule has 0 atom stereocenters. The number of piperidine rings is 1. The van der Waals surface area contributed by atoms with E-state index in [1.54, 1.807) is 6.26 Å². The molecule has 1 aliphatic rings. The Morgan fingerprint density at radius 3 is 2.62 bits per heavy atom. The summed E-state index contributed by atoms with van der Waals surface area (Å²) in [6.07, 6.45) is 3.73. The zero-order valence-corrected chi connectivity index (χ0v) is 19.2. The summed E-state index contributed by atoms with van der Waals surface area (Å²) in [4.78, 5) is 19.4. The molecule has 1 aliphatic heterocycles. The van der Waals surface area contributed by atoms with Gasteiger partial charge < -0.3 is 19.0 Å². The number of rotatable bonds is 9. The lowest BCUT2D eigenvalue weighted by molar-refractivity contribution is -0.122. The number of amides is 1. The first-order valence-corrected chi connectivity index (χ1v) is 11.9. The van der Waals surface area contributed by atoms with Crippen molar-refractivity contribution >= 4 is 16.9 Å². The molecule has 1 saturated heterocycles. The summed E-state index contributed by atoms with van der Waals surface area (Å²) in [6.45, 7) is 4.05. The van der Waals surface area contributed by atoms with Gasteiger partial charge in [0.2, 0.25) is 5.91 Å². The molecule has 1 N–H and O–H groups in total. The number of hydrogen-bond acceptors (Lipinski definition) is 5. The molecule has 2 aromatic heterocycles. The number of aromatic nitrogens is 2. The van der Waals surface area contributed by atoms with Gasteiger partial charge in [-0.05, 0) is 68.2 Å². The van der Waals surface area contributed by atoms with Gasteiger partial charge in [-0.2, -0.15) is 0 Å². The van der Waals surface area contributed by atoms with Crippen LogP contribution < -0.4 is 10.1 Å². The number of nitrogens with one attached hydrogen (secondary N) is 1. The van der Waals surface area contributed by atoms with Crippen molar-refractivity contribution in [2.45, 2.75) is 32.5 Å². The van der Waals surface area contributed by atoms with E-state index < -0.39 is 0 Å². The lowest BCUT2D eigenvalue weighted by Gasteiger charge is -2.32. The van der Waals surface area contributed by atoms with E-state index in [2.05, 4.69) is 33.0 Å². The number of fused-ring (bicyclic) bond motifs is 1. The molecule has 2 aromatic carbocycles. The maximum Gasteiger partial charge on any atom is 0.234 e. The molecule has 4 aromatic rings. The Balaban J connectivity index is 1.17. The van der Waals surface area contributed by atoms with Crippen LogP contribution >= 0.6 is 0 Å². The smallest absolute Gasteiger partial charge is 0.234 e. The van der Waals surface area contributed by atoms with Crippen LogP contribution in [0.25, 0.3) is 11.0 Å². The monoisotopic (exact) mass is 458 g/mol. The number of imidazole rings is 1. The van der Waals surface area contributed by atoms with Crippen molar-refractivity contribution in [3.8, 4) is 5.75 Å². The quantitative estimate of drug-likeness (QED) is 0.406. The third-order valence-corrected chi connectivity index (χ3v) is 6.40. The molecular formula is C27H30N4O3. The van der Waals surface area contributed by atoms with E-state index >= 15 is 0 Å². The predicted molar refractivity (Wildman–Crippen MR) is 130 cm³/mol. The molecule has 0 unspecified atom stereocenters. The van der Waals surface area contributed by atoms with Gasteiger partial charge in [0.15, 0.2) is 0 Å². The second-order valence-corrected chi connectivity index (χ2v) is 8.80. The lowest BCUT2D eigenvalue weighted by Crippen LogP contribution is -2.41. The van der Waals surface area contributed by atoms with Crippen molar-refractivity contribution in [1.82, 2.24) is 19.8 Å². The molecule has 176 valence electrons. The first-order valence-electron chi connectivity index (χ1n) is 11.9. The van der Waals surface area contributed by atoms with E-state index in [4.69, 9.17) is 14.1 Å². The Labute approximate surface area is 199 Å². The second-order valence-electron chi connectivity index (χ2n) is 8.80. The number of likely N-dealkylation sites (tertiary alicyclic amines) is 1. The Bertz CT molecular complexity index is 1200. The number of benzene rings is 2. The van der Waals surface area contributed by atoms with Gasteiger partial charge in [0.1, 0.15) is 23.9 Å². The Hall–Kier alpha value is -3.58. The minimum absolute atomic E-state index is 0.0378. The first-order chi connectivity index (χ1) is 16.7. The van der Waals surface area contributed by atoms with Crippen LogP contribution in [0.15, 0.2) is 77.4 Å². The third-order valence-electron chi connectivity index (χ3n) is 6.40. The van der Waals surface area contributed by atoms with Gasteiger partial charge in [-0.25, -0.2) is 4.98 Å². The molecule has 5 rings (SSSR count). The maximum atomic E-state index is 12.3. The van der Waals surface area contributed by atoms with Crippen LogP contribution in [0.4, 0.5) is 0 Å². The van der Waals surface area contributed by atoms with E-state index in [0.717, 1.165) is 60.8 Å². The van der Waals surface area contributed by atoms with Gasteiger partial charge in [-0.1, -0.05) is 30.3 Å². The van der Waals surface area contributed by atoms with E-state index in [1.165, 1.54) is 0 Å². The van der Waals surface area contributed by atoms with E-state index in [-0.39, 0.29) is 5.91 Å². The Morgan fingerprint density at radius 1 is 1.03 bits per heavy atom. The molecule has 0 saturated carbocycles. The maximum absolute atomic E-state index is 12.3. The topological polar surface area (TPSA) is 72.5 Å². The predicted octanol–water partition coefficient (Wildman–Crippen LogP) is 4.24. The van der Waals surface area contributed by atoms with Crippen LogP contribution in [0, 0.1) is 5.92 Å². The molecule has 0 spiro atoms. The molecule has 1 amide bonds. The number of carbonyl (C=O) groups is 1. The summed E-state index contributed by atoms with van der Waals surface area (Å²) >= 11 is 0. The van der Waals surface area contributed by atoms with Gasteiger partial charge in [0.25, 0.3) is 0 Å². The largest absolute Gasteiger partial charge is 0.486 e. The van der Waals surface area contributed by atoms with Gasteiger partial charge in [0, 0.05) is 6.54 Å². The SMILES string of the molecule is O=C(CN1CCC(Cn2c(COc3ccccc3)nc3ccccc32)CC1)NCc1ccco1. The molecule has 7 heteroatoms. The van der Waals surface area contributed by atoms with Crippen molar-refractivity contribution in [1.29, 1.82) is 0 Å². The highest BCUT2D eigenvalue weighted by Gasteiger charge is 2.23. The van der Waals surface area contributed by atoms with Gasteiger partial charge in [-0.15, -0.1) is 0 Å². The highest BCUT2D eigenvalue weighted by molar-refractivity contribution is 5.78. The highest BCUT2D eigenvalue weighted by Crippen LogP contribution is 2.24. The summed E-state index contributed by atoms with van der Waals surface area (Å²) < 4.78 is 13.6. The summed E-state index contributed by atoms with van der Waals surface area (Å²) in [7, 11) is 0. The molecule has 1 fully saturated rings. The second kappa shape index (κ2) is 10.6. The number of para-hydroxylation sites is 3. The fraction of sp³-hybridized carbons (Fsp3) is 0.333. The summed E-state index contributed by atoms with van der Waals surface area (Å²) in [6, 6.07) is 21.8. The van der Waals surface area contributed by atoms with Gasteiger partial charge in [0.05, 0.1) is 30.4 Å². The Morgan fingerprint density at radius 2 is 1.82 bits per heavy atom. The average molecular weight is 459 g/mol. The summed E-state index contributed by atoms with van der Waals surface area (Å²) in [5, 5.41) is 2.93. The molecule has 0 bridgehead atoms. The van der Waals surface area contributed by atoms with E-state index in [1.807, 2.05) is 48.5 Å². The third kappa shape index (κ3) is 5.48. The van der Waals surface area contributed by atoms with Crippen LogP contribution in [0.5, 0.6) is 5.75 Å². The number of hydrogen-bond donors (Lipinski definition) is 1. The minimum Gasteiger partial charge on any atom is -0.486 e. The Kier molecular flexibility index (Phi) is 6.91. The molecular weight excluding hydrogens is 428 g/mol. The molecule has 3 heterocycles. The summed E-state index contributed by atoms with van der Waals surface area (Å²) in [5.41, 5.74) is 2.15. The van der Waals surface area contributed by atoms with Crippen molar-refractivity contribution in [2.75, 3.05) is 19.6 Å². The first kappa shape index (κ1) is 22.2. The summed E-state index contributed by atoms with van der Waals surface area (Å²) in [5.74, 6) is 3.14. The van der Waals surface area contributed by atoms with Crippen LogP contribution in [-0.2, 0) is 24.5 Å². The van der Waals surface area contributed by atoms with Crippen LogP contribution in [0.1, 0.15) is 24.4 Å². The number of nitrogens with zero attached hydrogens (tertiary/aromatic N) is 3. The van der Waals surface area contributed by atoms with Crippen molar-refractivity contribution in [2.24, 2.45) is 5.92 Å². The van der Waals surface area contributed by atoms with E-state index in [0.29, 0.717) is 25.6 Å². The number of furan rings is 1. The van der Waals surface area contributed by atoms with Crippen LogP contribution in [-0.4, -0.2) is 40.0 Å². The number of carbonyl (C=O) groups excluding carboxylic acids is 1. The lowest BCUT2D eigenvalue weighted by atomic mass is 9.96. The minimum atomic E-state index is 0.0378. The van der Waals surface area contributed by atoms with E-state index in [9.17, 15) is 4.79 Å². The van der Waals surface area contributed by atoms with Crippen LogP contribution in [0.3, 0.4) is 0 Å². The standard InChI is InChI=1S/C27H30N4O3/c32-27(28-17-23-9-6-16-33-23)19-30-14-12-21(13-15-30)18-31-25-11-5-4-10-24(25)29-26(31)20-34-22-7-2-1-3-8-22/h1-11,16,21H,12-15,17-20H2,(H,28,32). The van der Waals surface area contributed by atoms with Crippen molar-refractivity contribution in [3.05, 3.63) is 84.6 Å². The molecule has 0 aliphatic carbocycles. The highest BCUT2D eigenvalue weighted by atomic mass is 16.5. The zero-order valence-electron chi connectivity index (χ0n) is 19.2. The van der Waals surface area contributed by atoms with Gasteiger partial charge >= 0.3 is 0 Å². The fourth-order valence-corrected chi connectivity index (χ4v) is 4.55. The van der Waals surface area contributed by atoms with Crippen molar-refractivity contribution < 1.29 is 13.9 Å². The molecule has 34 heavy (non-hydrogen) atoms. The average Bonchev–Trinajstić information content (AvgIpc) is 3.52. The van der Waals surface area contributed by atoms with Crippen LogP contribution in [0.2, 0.25) is 0 Å². The van der Waals surface area contributed by atoms with Gasteiger partial charge in [-0.3, -0.25) is 9.69 Å². The zero-order chi connectivity index (χ0) is 23.2. The normalized spacial score (nSPS) is 14.9. The molecule has 0 radical (unpaired) electrons. The van der Waals surface area contributed by atoms with Crippen molar-refractivity contribution in [3.63, 3.8) is 0 Å². The fourth-order valence-electron chi connectivity index (χ4n) is 4.55. The number of ether oxygens (including phenoxy) is 1. The molecule has 7 nitrogen and oxygen atoms in total.